The normalized spacial score (nSPS) is 11.6. The molecule has 1 atom stereocenters. The van der Waals surface area contributed by atoms with Gasteiger partial charge in [0.25, 0.3) is 11.8 Å². The molecule has 3 rings (SSSR count). The van der Waals surface area contributed by atoms with Crippen LogP contribution < -0.4 is 11.1 Å². The standard InChI is InChI=1S/C20H18N4O3/c21-19(26)18(25)16(12-13-6-2-1-3-7-13)24-20(27)17-14(9-11-23-17)15-8-4-5-10-22-15/h1-11,16,23H,12H2,(H2,21,26)(H,24,27). The number of nitrogens with two attached hydrogens (primary N) is 1. The molecule has 2 amide bonds. The zero-order valence-corrected chi connectivity index (χ0v) is 14.4. The van der Waals surface area contributed by atoms with Gasteiger partial charge < -0.3 is 16.0 Å². The molecule has 7 heteroatoms. The molecular formula is C20H18N4O3. The van der Waals surface area contributed by atoms with E-state index in [0.29, 0.717) is 11.3 Å². The van der Waals surface area contributed by atoms with Gasteiger partial charge in [0, 0.05) is 24.4 Å². The van der Waals surface area contributed by atoms with E-state index in [1.807, 2.05) is 24.3 Å². The highest BCUT2D eigenvalue weighted by Crippen LogP contribution is 2.20. The van der Waals surface area contributed by atoms with E-state index < -0.39 is 23.6 Å². The first-order valence-electron chi connectivity index (χ1n) is 8.33. The number of H-pyrrole nitrogens is 1. The molecule has 3 aromatic rings. The fourth-order valence-corrected chi connectivity index (χ4v) is 2.75. The van der Waals surface area contributed by atoms with E-state index in [2.05, 4.69) is 15.3 Å². The van der Waals surface area contributed by atoms with Crippen molar-refractivity contribution in [2.24, 2.45) is 5.73 Å². The molecule has 0 aliphatic rings. The predicted octanol–water partition coefficient (Wildman–Crippen LogP) is 1.47. The van der Waals surface area contributed by atoms with E-state index in [0.717, 1.165) is 5.56 Å². The van der Waals surface area contributed by atoms with Gasteiger partial charge in [0.1, 0.15) is 11.7 Å². The molecule has 0 spiro atoms. The maximum absolute atomic E-state index is 12.8. The number of aromatic amines is 1. The molecule has 0 aliphatic carbocycles. The molecule has 0 aliphatic heterocycles. The van der Waals surface area contributed by atoms with Crippen LogP contribution in [-0.2, 0) is 16.0 Å². The summed E-state index contributed by atoms with van der Waals surface area (Å²) >= 11 is 0. The third kappa shape index (κ3) is 4.27. The minimum Gasteiger partial charge on any atom is -0.363 e. The zero-order chi connectivity index (χ0) is 19.2. The monoisotopic (exact) mass is 362 g/mol. The number of hydrogen-bond acceptors (Lipinski definition) is 4. The Hall–Kier alpha value is -3.74. The van der Waals surface area contributed by atoms with Gasteiger partial charge >= 0.3 is 0 Å². The molecule has 0 bridgehead atoms. The zero-order valence-electron chi connectivity index (χ0n) is 14.4. The lowest BCUT2D eigenvalue weighted by molar-refractivity contribution is -0.137. The fraction of sp³-hybridized carbons (Fsp3) is 0.100. The minimum atomic E-state index is -1.09. The van der Waals surface area contributed by atoms with Gasteiger partial charge in [-0.15, -0.1) is 0 Å². The molecule has 7 nitrogen and oxygen atoms in total. The van der Waals surface area contributed by atoms with Gasteiger partial charge in [-0.2, -0.15) is 0 Å². The SMILES string of the molecule is NC(=O)C(=O)C(Cc1ccccc1)NC(=O)c1[nH]ccc1-c1ccccn1. The van der Waals surface area contributed by atoms with Crippen LogP contribution in [0.5, 0.6) is 0 Å². The van der Waals surface area contributed by atoms with Gasteiger partial charge in [0.15, 0.2) is 0 Å². The second-order valence-electron chi connectivity index (χ2n) is 5.93. The van der Waals surface area contributed by atoms with Crippen molar-refractivity contribution in [1.29, 1.82) is 0 Å². The Kier molecular flexibility index (Phi) is 5.41. The van der Waals surface area contributed by atoms with Crippen molar-refractivity contribution in [1.82, 2.24) is 15.3 Å². The van der Waals surface area contributed by atoms with E-state index in [4.69, 9.17) is 5.73 Å². The van der Waals surface area contributed by atoms with Crippen molar-refractivity contribution < 1.29 is 14.4 Å². The first-order chi connectivity index (χ1) is 13.1. The van der Waals surface area contributed by atoms with Crippen LogP contribution in [-0.4, -0.2) is 33.6 Å². The van der Waals surface area contributed by atoms with E-state index in [1.54, 1.807) is 42.7 Å². The number of ketones is 1. The third-order valence-corrected chi connectivity index (χ3v) is 4.06. The Morgan fingerprint density at radius 3 is 2.44 bits per heavy atom. The fourth-order valence-electron chi connectivity index (χ4n) is 2.75. The number of rotatable bonds is 7. The first kappa shape index (κ1) is 18.1. The largest absolute Gasteiger partial charge is 0.363 e. The summed E-state index contributed by atoms with van der Waals surface area (Å²) in [6.45, 7) is 0. The van der Waals surface area contributed by atoms with E-state index in [1.165, 1.54) is 0 Å². The smallest absolute Gasteiger partial charge is 0.287 e. The Morgan fingerprint density at radius 1 is 1.04 bits per heavy atom. The Labute approximate surface area is 155 Å². The van der Waals surface area contributed by atoms with Crippen LogP contribution in [0.4, 0.5) is 0 Å². The van der Waals surface area contributed by atoms with Gasteiger partial charge in [0.2, 0.25) is 5.78 Å². The summed E-state index contributed by atoms with van der Waals surface area (Å²) < 4.78 is 0. The Balaban J connectivity index is 1.84. The number of aromatic nitrogens is 2. The number of pyridine rings is 1. The lowest BCUT2D eigenvalue weighted by Gasteiger charge is -2.16. The maximum atomic E-state index is 12.8. The van der Waals surface area contributed by atoms with Crippen LogP contribution in [0.3, 0.4) is 0 Å². The number of carbonyl (C=O) groups excluding carboxylic acids is 3. The molecule has 4 N–H and O–H groups in total. The molecule has 0 saturated heterocycles. The van der Waals surface area contributed by atoms with Crippen LogP contribution in [0.1, 0.15) is 16.1 Å². The molecule has 0 fully saturated rings. The van der Waals surface area contributed by atoms with Crippen LogP contribution in [0, 0.1) is 0 Å². The number of nitrogens with one attached hydrogen (secondary N) is 2. The average Bonchev–Trinajstić information content (AvgIpc) is 3.18. The molecule has 136 valence electrons. The number of benzene rings is 1. The molecule has 2 heterocycles. The predicted molar refractivity (Wildman–Crippen MR) is 99.6 cm³/mol. The number of carbonyl (C=O) groups is 3. The molecule has 1 aromatic carbocycles. The van der Waals surface area contributed by atoms with Crippen molar-refractivity contribution >= 4 is 17.6 Å². The summed E-state index contributed by atoms with van der Waals surface area (Å²) in [7, 11) is 0. The van der Waals surface area contributed by atoms with Gasteiger partial charge in [-0.05, 0) is 23.8 Å². The Bertz CT molecular complexity index is 952. The van der Waals surface area contributed by atoms with Gasteiger partial charge in [0.05, 0.1) is 5.69 Å². The summed E-state index contributed by atoms with van der Waals surface area (Å²) in [5.41, 5.74) is 7.41. The Morgan fingerprint density at radius 2 is 1.78 bits per heavy atom. The summed E-state index contributed by atoms with van der Waals surface area (Å²) in [5.74, 6) is -2.46. The van der Waals surface area contributed by atoms with Gasteiger partial charge in [-0.3, -0.25) is 19.4 Å². The van der Waals surface area contributed by atoms with Gasteiger partial charge in [-0.1, -0.05) is 36.4 Å². The minimum absolute atomic E-state index is 0.161. The average molecular weight is 362 g/mol. The summed E-state index contributed by atoms with van der Waals surface area (Å²) in [6.07, 6.45) is 3.40. The molecule has 0 saturated carbocycles. The van der Waals surface area contributed by atoms with Gasteiger partial charge in [-0.25, -0.2) is 0 Å². The molecule has 1 unspecified atom stereocenters. The lowest BCUT2D eigenvalue weighted by Crippen LogP contribution is -2.47. The van der Waals surface area contributed by atoms with Crippen molar-refractivity contribution in [3.05, 3.63) is 78.2 Å². The van der Waals surface area contributed by atoms with Crippen LogP contribution in [0.15, 0.2) is 67.0 Å². The molecule has 27 heavy (non-hydrogen) atoms. The van der Waals surface area contributed by atoms with E-state index in [9.17, 15) is 14.4 Å². The topological polar surface area (TPSA) is 118 Å². The summed E-state index contributed by atoms with van der Waals surface area (Å²) in [6, 6.07) is 15.1. The van der Waals surface area contributed by atoms with Crippen molar-refractivity contribution in [2.45, 2.75) is 12.5 Å². The van der Waals surface area contributed by atoms with Crippen LogP contribution in [0.2, 0.25) is 0 Å². The quantitative estimate of drug-likeness (QED) is 0.552. The summed E-state index contributed by atoms with van der Waals surface area (Å²) in [5, 5.41) is 2.61. The second-order valence-corrected chi connectivity index (χ2v) is 5.93. The third-order valence-electron chi connectivity index (χ3n) is 4.06. The number of hydrogen-bond donors (Lipinski definition) is 3. The highest BCUT2D eigenvalue weighted by Gasteiger charge is 2.27. The number of Topliss-reactive ketones (excluding diaryl/α,β-unsaturated/α-hetero) is 1. The highest BCUT2D eigenvalue weighted by molar-refractivity contribution is 6.38. The van der Waals surface area contributed by atoms with E-state index in [-0.39, 0.29) is 12.1 Å². The highest BCUT2D eigenvalue weighted by atomic mass is 16.2. The second kappa shape index (κ2) is 8.09. The lowest BCUT2D eigenvalue weighted by atomic mass is 10.0. The van der Waals surface area contributed by atoms with Crippen molar-refractivity contribution in [3.63, 3.8) is 0 Å². The van der Waals surface area contributed by atoms with Crippen LogP contribution in [0.25, 0.3) is 11.3 Å². The summed E-state index contributed by atoms with van der Waals surface area (Å²) in [4.78, 5) is 43.4. The van der Waals surface area contributed by atoms with Crippen LogP contribution >= 0.6 is 0 Å². The number of primary amides is 1. The maximum Gasteiger partial charge on any atom is 0.287 e. The number of amides is 2. The first-order valence-corrected chi connectivity index (χ1v) is 8.33. The molecule has 2 aromatic heterocycles. The number of nitrogens with zero attached hydrogens (tertiary/aromatic N) is 1. The van der Waals surface area contributed by atoms with E-state index >= 15 is 0 Å². The van der Waals surface area contributed by atoms with Crippen molar-refractivity contribution in [2.75, 3.05) is 0 Å². The molecule has 0 radical (unpaired) electrons. The molecular weight excluding hydrogens is 344 g/mol. The van der Waals surface area contributed by atoms with Crippen molar-refractivity contribution in [3.8, 4) is 11.3 Å².